The monoisotopic (exact) mass is 507 g/mol. The second-order valence-corrected chi connectivity index (χ2v) is 10.3. The zero-order valence-electron chi connectivity index (χ0n) is 20.9. The number of aliphatic carboxylic acids is 1. The minimum absolute atomic E-state index is 0.545. The van der Waals surface area contributed by atoms with Gasteiger partial charge in [-0.05, 0) is 56.5 Å². The summed E-state index contributed by atoms with van der Waals surface area (Å²) >= 11 is 1.64. The van der Waals surface area contributed by atoms with Crippen LogP contribution in [0.3, 0.4) is 0 Å². The Bertz CT molecular complexity index is 1620. The molecule has 0 fully saturated rings. The maximum atomic E-state index is 12.0. The van der Waals surface area contributed by atoms with E-state index in [4.69, 9.17) is 10.3 Å². The summed E-state index contributed by atoms with van der Waals surface area (Å²) in [7, 11) is 0. The van der Waals surface area contributed by atoms with E-state index in [1.807, 2.05) is 66.1 Å². The lowest BCUT2D eigenvalue weighted by atomic mass is 9.97. The molecule has 5 rings (SSSR count). The van der Waals surface area contributed by atoms with Crippen molar-refractivity contribution in [2.24, 2.45) is 10.9 Å². The van der Waals surface area contributed by atoms with Gasteiger partial charge in [-0.3, -0.25) is 14.4 Å². The first-order valence-electron chi connectivity index (χ1n) is 11.9. The van der Waals surface area contributed by atoms with Crippen LogP contribution in [0.2, 0.25) is 0 Å². The van der Waals surface area contributed by atoms with E-state index in [-0.39, 0.29) is 0 Å². The predicted octanol–water partition coefficient (Wildman–Crippen LogP) is 5.91. The maximum absolute atomic E-state index is 12.0. The molecule has 0 saturated carbocycles. The first kappa shape index (κ1) is 24.3. The van der Waals surface area contributed by atoms with Crippen molar-refractivity contribution < 1.29 is 9.90 Å². The Labute approximate surface area is 219 Å². The molecule has 7 nitrogen and oxygen atoms in total. The summed E-state index contributed by atoms with van der Waals surface area (Å²) in [6.07, 6.45) is 3.98. The molecule has 0 radical (unpaired) electrons. The third-order valence-electron chi connectivity index (χ3n) is 6.72. The Kier molecular flexibility index (Phi) is 6.32. The van der Waals surface area contributed by atoms with Crippen molar-refractivity contribution in [2.75, 3.05) is 0 Å². The molecule has 0 bridgehead atoms. The number of carboxylic acid groups (broad SMARTS) is 1. The SMILES string of the molecule is Cc1sc2c(c1C)C(c1ccc(C=Cc3cccc(C#N)c3)cc1)=N[C@@H](C(C)C(=O)O)c1nnc(C)n1-2. The molecular formula is C29H25N5O2S. The van der Waals surface area contributed by atoms with Gasteiger partial charge in [0.25, 0.3) is 0 Å². The van der Waals surface area contributed by atoms with Crippen molar-refractivity contribution in [3.63, 3.8) is 0 Å². The zero-order valence-corrected chi connectivity index (χ0v) is 21.7. The van der Waals surface area contributed by atoms with E-state index in [0.29, 0.717) is 17.2 Å². The highest BCUT2D eigenvalue weighted by Crippen LogP contribution is 2.40. The van der Waals surface area contributed by atoms with Crippen molar-refractivity contribution in [3.8, 4) is 11.1 Å². The van der Waals surface area contributed by atoms with E-state index in [9.17, 15) is 9.90 Å². The van der Waals surface area contributed by atoms with E-state index in [1.165, 1.54) is 4.88 Å². The van der Waals surface area contributed by atoms with Crippen molar-refractivity contribution in [1.82, 2.24) is 14.8 Å². The molecule has 1 aliphatic heterocycles. The molecule has 1 unspecified atom stereocenters. The summed E-state index contributed by atoms with van der Waals surface area (Å²) in [6.45, 7) is 7.70. The van der Waals surface area contributed by atoms with Gasteiger partial charge in [-0.2, -0.15) is 5.26 Å². The fourth-order valence-corrected chi connectivity index (χ4v) is 5.69. The van der Waals surface area contributed by atoms with E-state index in [2.05, 4.69) is 30.1 Å². The van der Waals surface area contributed by atoms with Gasteiger partial charge in [-0.25, -0.2) is 0 Å². The number of nitriles is 1. The van der Waals surface area contributed by atoms with Crippen molar-refractivity contribution >= 4 is 35.2 Å². The molecule has 2 aromatic carbocycles. The summed E-state index contributed by atoms with van der Waals surface area (Å²) in [6, 6.07) is 17.0. The highest BCUT2D eigenvalue weighted by molar-refractivity contribution is 7.15. The second kappa shape index (κ2) is 9.60. The van der Waals surface area contributed by atoms with Crippen LogP contribution in [-0.2, 0) is 4.79 Å². The number of aromatic nitrogens is 3. The van der Waals surface area contributed by atoms with Crippen molar-refractivity contribution in [2.45, 2.75) is 33.7 Å². The molecule has 0 spiro atoms. The van der Waals surface area contributed by atoms with Gasteiger partial charge in [-0.1, -0.05) is 48.6 Å². The summed E-state index contributed by atoms with van der Waals surface area (Å²) in [5.74, 6) is -0.458. The van der Waals surface area contributed by atoms with E-state index >= 15 is 0 Å². The van der Waals surface area contributed by atoms with Gasteiger partial charge >= 0.3 is 5.97 Å². The molecule has 1 aliphatic rings. The molecule has 3 heterocycles. The Morgan fingerprint density at radius 1 is 1.11 bits per heavy atom. The second-order valence-electron chi connectivity index (χ2n) is 9.15. The lowest BCUT2D eigenvalue weighted by molar-refractivity contribution is -0.141. The number of carboxylic acids is 1. The predicted molar refractivity (Wildman–Crippen MR) is 145 cm³/mol. The van der Waals surface area contributed by atoms with Crippen LogP contribution in [0.5, 0.6) is 0 Å². The fourth-order valence-electron chi connectivity index (χ4n) is 4.47. The van der Waals surface area contributed by atoms with Crippen LogP contribution in [0.1, 0.15) is 62.9 Å². The largest absolute Gasteiger partial charge is 0.481 e. The molecule has 2 aromatic heterocycles. The Balaban J connectivity index is 1.60. The molecule has 0 amide bonds. The van der Waals surface area contributed by atoms with Gasteiger partial charge in [0.05, 0.1) is 23.3 Å². The highest BCUT2D eigenvalue weighted by atomic mass is 32.1. The summed E-state index contributed by atoms with van der Waals surface area (Å²) in [5, 5.41) is 28.6. The fraction of sp³-hybridized carbons (Fsp3) is 0.207. The van der Waals surface area contributed by atoms with E-state index in [1.54, 1.807) is 24.3 Å². The maximum Gasteiger partial charge on any atom is 0.308 e. The van der Waals surface area contributed by atoms with Gasteiger partial charge in [0.2, 0.25) is 0 Å². The van der Waals surface area contributed by atoms with Crippen LogP contribution in [0.15, 0.2) is 53.5 Å². The Morgan fingerprint density at radius 2 is 1.84 bits per heavy atom. The van der Waals surface area contributed by atoms with Crippen LogP contribution in [0, 0.1) is 38.0 Å². The molecule has 2 atom stereocenters. The van der Waals surface area contributed by atoms with E-state index in [0.717, 1.165) is 38.5 Å². The third kappa shape index (κ3) is 4.39. The number of hydrogen-bond donors (Lipinski definition) is 1. The number of hydrogen-bond acceptors (Lipinski definition) is 6. The molecule has 0 saturated heterocycles. The molecular weight excluding hydrogens is 482 g/mol. The van der Waals surface area contributed by atoms with Crippen LogP contribution in [0.4, 0.5) is 0 Å². The van der Waals surface area contributed by atoms with Gasteiger partial charge in [0, 0.05) is 16.0 Å². The highest BCUT2D eigenvalue weighted by Gasteiger charge is 2.36. The summed E-state index contributed by atoms with van der Waals surface area (Å²) in [4.78, 5) is 18.2. The number of aryl methyl sites for hydroxylation is 2. The average Bonchev–Trinajstić information content (AvgIpc) is 3.37. The summed E-state index contributed by atoms with van der Waals surface area (Å²) < 4.78 is 1.97. The topological polar surface area (TPSA) is 104 Å². The van der Waals surface area contributed by atoms with Crippen LogP contribution >= 0.6 is 11.3 Å². The minimum atomic E-state index is -0.931. The Morgan fingerprint density at radius 3 is 2.54 bits per heavy atom. The van der Waals surface area contributed by atoms with Crippen molar-refractivity contribution in [1.29, 1.82) is 5.26 Å². The quantitative estimate of drug-likeness (QED) is 0.338. The third-order valence-corrected chi connectivity index (χ3v) is 7.91. The number of nitrogens with zero attached hydrogens (tertiary/aromatic N) is 5. The van der Waals surface area contributed by atoms with Crippen molar-refractivity contribution in [3.05, 3.63) is 98.4 Å². The average molecular weight is 508 g/mol. The number of rotatable bonds is 5. The van der Waals surface area contributed by atoms with Gasteiger partial charge in [0.1, 0.15) is 16.9 Å². The smallest absolute Gasteiger partial charge is 0.308 e. The Hall–Kier alpha value is -4.35. The number of benzene rings is 2. The number of thiophene rings is 1. The first-order chi connectivity index (χ1) is 17.8. The minimum Gasteiger partial charge on any atom is -0.481 e. The number of fused-ring (bicyclic) bond motifs is 3. The van der Waals surface area contributed by atoms with Crippen LogP contribution < -0.4 is 0 Å². The van der Waals surface area contributed by atoms with E-state index < -0.39 is 17.9 Å². The molecule has 4 aromatic rings. The molecule has 8 heteroatoms. The molecule has 184 valence electrons. The zero-order chi connectivity index (χ0) is 26.3. The van der Waals surface area contributed by atoms with Gasteiger partial charge in [-0.15, -0.1) is 21.5 Å². The number of aliphatic imine (C=N–C) groups is 1. The molecule has 0 aliphatic carbocycles. The molecule has 1 N–H and O–H groups in total. The lowest BCUT2D eigenvalue weighted by Gasteiger charge is -2.16. The van der Waals surface area contributed by atoms with Gasteiger partial charge in [0.15, 0.2) is 5.82 Å². The number of carbonyl (C=O) groups is 1. The van der Waals surface area contributed by atoms with Crippen LogP contribution in [-0.4, -0.2) is 31.6 Å². The molecule has 37 heavy (non-hydrogen) atoms. The van der Waals surface area contributed by atoms with Gasteiger partial charge < -0.3 is 5.11 Å². The lowest BCUT2D eigenvalue weighted by Crippen LogP contribution is -2.21. The summed E-state index contributed by atoms with van der Waals surface area (Å²) in [5.41, 5.74) is 6.35. The first-order valence-corrected chi connectivity index (χ1v) is 12.7. The normalized spacial score (nSPS) is 15.4. The standard InChI is InChI=1S/C29H25N5O2S/c1-16-18(3)37-28-24(16)26(31-25(17(2)29(35)36)27-33-32-19(4)34(27)28)23-12-10-20(11-13-23)8-9-21-6-5-7-22(14-21)15-30/h5-14,17,25H,1-4H3,(H,35,36)/t17?,25-/m0/s1. The van der Waals surface area contributed by atoms with Crippen LogP contribution in [0.25, 0.3) is 17.2 Å².